The van der Waals surface area contributed by atoms with E-state index >= 15 is 0 Å². The highest BCUT2D eigenvalue weighted by atomic mass is 16.5. The molecule has 0 fully saturated rings. The second-order valence-electron chi connectivity index (χ2n) is 3.62. The van der Waals surface area contributed by atoms with Crippen molar-refractivity contribution in [3.63, 3.8) is 0 Å². The Balaban J connectivity index is 2.17. The maximum Gasteiger partial charge on any atom is 0.337 e. The van der Waals surface area contributed by atoms with E-state index < -0.39 is 12.1 Å². The highest BCUT2D eigenvalue weighted by molar-refractivity contribution is 5.74. The fourth-order valence-electron chi connectivity index (χ4n) is 1.69. The number of nitrogens with zero attached hydrogens (tertiary/aromatic N) is 3. The Hall–Kier alpha value is -1.95. The highest BCUT2D eigenvalue weighted by Crippen LogP contribution is 2.22. The summed E-state index contributed by atoms with van der Waals surface area (Å²) in [5, 5.41) is 18.5. The molecule has 0 radical (unpaired) electrons. The van der Waals surface area contributed by atoms with E-state index in [2.05, 4.69) is 10.3 Å². The maximum absolute atomic E-state index is 10.9. The van der Waals surface area contributed by atoms with Crippen LogP contribution in [0.2, 0.25) is 0 Å². The fourth-order valence-corrected chi connectivity index (χ4v) is 1.69. The van der Waals surface area contributed by atoms with Crippen LogP contribution in [0, 0.1) is 0 Å². The third-order valence-corrected chi connectivity index (χ3v) is 2.54. The molecule has 1 N–H and O–H groups in total. The second-order valence-corrected chi connectivity index (χ2v) is 3.62. The Morgan fingerprint density at radius 3 is 2.65 bits per heavy atom. The molecule has 0 bridgehead atoms. The van der Waals surface area contributed by atoms with Crippen LogP contribution in [0.25, 0.3) is 0 Å². The first kappa shape index (κ1) is 11.5. The summed E-state index contributed by atoms with van der Waals surface area (Å²) in [6, 6.07) is 7.08. The van der Waals surface area contributed by atoms with Crippen LogP contribution in [-0.2, 0) is 9.53 Å². The molecule has 1 unspecified atom stereocenters. The first-order chi connectivity index (χ1) is 8.22. The normalized spacial score (nSPS) is 16.2. The van der Waals surface area contributed by atoms with Gasteiger partial charge >= 0.3 is 5.97 Å². The molecule has 1 aliphatic rings. The van der Waals surface area contributed by atoms with Gasteiger partial charge in [-0.15, -0.1) is 0 Å². The third-order valence-electron chi connectivity index (χ3n) is 2.54. The number of ether oxygens (including phenoxy) is 1. The lowest BCUT2D eigenvalue weighted by Crippen LogP contribution is -2.15. The molecule has 2 rings (SSSR count). The smallest absolute Gasteiger partial charge is 0.337 e. The largest absolute Gasteiger partial charge is 0.479 e. The molecule has 90 valence electrons. The number of hydrogen-bond donors (Lipinski definition) is 1. The average Bonchev–Trinajstić information content (AvgIpc) is 2.84. The molecular formula is C11H13N3O3. The standard InChI is InChI=1S/C11H13N3O3/c1-17-10(11(15)16)8-2-4-9(5-3-8)14-7-6-12-13-14/h2-5,10H,6-7H2,1H3,(H,15,16). The third kappa shape index (κ3) is 2.42. The van der Waals surface area contributed by atoms with Crippen molar-refractivity contribution in [3.05, 3.63) is 29.8 Å². The zero-order chi connectivity index (χ0) is 12.3. The van der Waals surface area contributed by atoms with E-state index in [0.717, 1.165) is 12.2 Å². The van der Waals surface area contributed by atoms with E-state index in [-0.39, 0.29) is 0 Å². The van der Waals surface area contributed by atoms with E-state index in [1.165, 1.54) is 7.11 Å². The predicted octanol–water partition coefficient (Wildman–Crippen LogP) is 1.65. The van der Waals surface area contributed by atoms with Crippen molar-refractivity contribution in [1.29, 1.82) is 0 Å². The van der Waals surface area contributed by atoms with Crippen LogP contribution in [0.15, 0.2) is 34.6 Å². The number of carboxylic acid groups (broad SMARTS) is 1. The van der Waals surface area contributed by atoms with Gasteiger partial charge in [-0.3, -0.25) is 0 Å². The van der Waals surface area contributed by atoms with Crippen molar-refractivity contribution in [3.8, 4) is 0 Å². The monoisotopic (exact) mass is 235 g/mol. The quantitative estimate of drug-likeness (QED) is 0.860. The zero-order valence-electron chi connectivity index (χ0n) is 9.41. The van der Waals surface area contributed by atoms with E-state index in [9.17, 15) is 4.79 Å². The predicted molar refractivity (Wildman–Crippen MR) is 60.9 cm³/mol. The summed E-state index contributed by atoms with van der Waals surface area (Å²) in [7, 11) is 1.38. The molecule has 0 saturated heterocycles. The average molecular weight is 235 g/mol. The number of carboxylic acids is 1. The molecule has 0 spiro atoms. The van der Waals surface area contributed by atoms with Gasteiger partial charge in [-0.25, -0.2) is 9.80 Å². The molecule has 17 heavy (non-hydrogen) atoms. The van der Waals surface area contributed by atoms with Crippen molar-refractivity contribution in [1.82, 2.24) is 0 Å². The van der Waals surface area contributed by atoms with Crippen LogP contribution in [0.5, 0.6) is 0 Å². The highest BCUT2D eigenvalue weighted by Gasteiger charge is 2.19. The van der Waals surface area contributed by atoms with Gasteiger partial charge in [0.2, 0.25) is 0 Å². The second kappa shape index (κ2) is 4.92. The van der Waals surface area contributed by atoms with E-state index in [1.54, 1.807) is 17.1 Å². The topological polar surface area (TPSA) is 74.5 Å². The van der Waals surface area contributed by atoms with E-state index in [0.29, 0.717) is 12.1 Å². The molecule has 0 amide bonds. The summed E-state index contributed by atoms with van der Waals surface area (Å²) in [6.07, 6.45) is -0.927. The minimum atomic E-state index is -0.999. The minimum Gasteiger partial charge on any atom is -0.479 e. The van der Waals surface area contributed by atoms with Crippen LogP contribution < -0.4 is 5.01 Å². The summed E-state index contributed by atoms with van der Waals surface area (Å²) in [5.41, 5.74) is 1.51. The molecule has 6 heteroatoms. The number of aliphatic carboxylic acids is 1. The molecule has 1 aromatic carbocycles. The molecule has 1 heterocycles. The lowest BCUT2D eigenvalue weighted by atomic mass is 10.1. The van der Waals surface area contributed by atoms with Crippen molar-refractivity contribution in [2.24, 2.45) is 10.3 Å². The van der Waals surface area contributed by atoms with Crippen LogP contribution >= 0.6 is 0 Å². The molecular weight excluding hydrogens is 222 g/mol. The van der Waals surface area contributed by atoms with Gasteiger partial charge in [0.25, 0.3) is 0 Å². The SMILES string of the molecule is COC(C(=O)O)c1ccc(N2CCN=N2)cc1. The summed E-state index contributed by atoms with van der Waals surface area (Å²) >= 11 is 0. The van der Waals surface area contributed by atoms with Gasteiger partial charge < -0.3 is 9.84 Å². The van der Waals surface area contributed by atoms with Gasteiger partial charge in [-0.2, -0.15) is 5.11 Å². The number of benzene rings is 1. The van der Waals surface area contributed by atoms with Crippen molar-refractivity contribution in [2.45, 2.75) is 6.10 Å². The number of anilines is 1. The zero-order valence-corrected chi connectivity index (χ0v) is 9.41. The van der Waals surface area contributed by atoms with Crippen molar-refractivity contribution in [2.75, 3.05) is 25.2 Å². The van der Waals surface area contributed by atoms with Gasteiger partial charge in [0.1, 0.15) is 0 Å². The molecule has 0 aromatic heterocycles. The Morgan fingerprint density at radius 1 is 1.47 bits per heavy atom. The number of carbonyl (C=O) groups is 1. The Labute approximate surface area is 98.5 Å². The van der Waals surface area contributed by atoms with Crippen molar-refractivity contribution >= 4 is 11.7 Å². The molecule has 1 aliphatic heterocycles. The van der Waals surface area contributed by atoms with Gasteiger partial charge in [0.15, 0.2) is 6.10 Å². The van der Waals surface area contributed by atoms with Crippen LogP contribution in [-0.4, -0.2) is 31.3 Å². The van der Waals surface area contributed by atoms with E-state index in [4.69, 9.17) is 9.84 Å². The number of hydrogen-bond acceptors (Lipinski definition) is 5. The van der Waals surface area contributed by atoms with Crippen molar-refractivity contribution < 1.29 is 14.6 Å². The van der Waals surface area contributed by atoms with Crippen LogP contribution in [0.4, 0.5) is 5.69 Å². The van der Waals surface area contributed by atoms with Crippen LogP contribution in [0.3, 0.4) is 0 Å². The first-order valence-corrected chi connectivity index (χ1v) is 5.23. The molecule has 1 atom stereocenters. The summed E-state index contributed by atoms with van der Waals surface area (Å²) in [5.74, 6) is -0.999. The van der Waals surface area contributed by atoms with Gasteiger partial charge in [-0.1, -0.05) is 17.4 Å². The molecule has 0 aliphatic carbocycles. The first-order valence-electron chi connectivity index (χ1n) is 5.23. The maximum atomic E-state index is 10.9. The lowest BCUT2D eigenvalue weighted by Gasteiger charge is -2.14. The molecule has 0 saturated carbocycles. The Kier molecular flexibility index (Phi) is 3.34. The number of methoxy groups -OCH3 is 1. The summed E-state index contributed by atoms with van der Waals surface area (Å²) < 4.78 is 4.91. The van der Waals surface area contributed by atoms with Gasteiger partial charge in [-0.05, 0) is 17.7 Å². The number of rotatable bonds is 4. The lowest BCUT2D eigenvalue weighted by molar-refractivity contribution is -0.148. The summed E-state index contributed by atoms with van der Waals surface area (Å²) in [6.45, 7) is 1.45. The molecule has 6 nitrogen and oxygen atoms in total. The molecule has 1 aromatic rings. The Morgan fingerprint density at radius 2 is 2.18 bits per heavy atom. The fraction of sp³-hybridized carbons (Fsp3) is 0.364. The Bertz CT molecular complexity index is 430. The minimum absolute atomic E-state index is 0.611. The van der Waals surface area contributed by atoms with Crippen LogP contribution in [0.1, 0.15) is 11.7 Å². The van der Waals surface area contributed by atoms with Gasteiger partial charge in [0.05, 0.1) is 18.8 Å². The van der Waals surface area contributed by atoms with E-state index in [1.807, 2.05) is 12.1 Å². The summed E-state index contributed by atoms with van der Waals surface area (Å²) in [4.78, 5) is 10.9. The van der Waals surface area contributed by atoms with Gasteiger partial charge in [0, 0.05) is 7.11 Å².